The van der Waals surface area contributed by atoms with Gasteiger partial charge in [-0.1, -0.05) is 0 Å². The van der Waals surface area contributed by atoms with Gasteiger partial charge in [0, 0.05) is 12.2 Å². The number of hydrogen-bond acceptors (Lipinski definition) is 3. The Morgan fingerprint density at radius 1 is 1.70 bits per heavy atom. The minimum Gasteiger partial charge on any atom is -0.460 e. The fraction of sp³-hybridized carbons (Fsp3) is 0.429. The second-order valence-electron chi connectivity index (χ2n) is 1.95. The molecule has 0 aliphatic rings. The maximum absolute atomic E-state index is 10.6. The van der Waals surface area contributed by atoms with Gasteiger partial charge in [0.2, 0.25) is 0 Å². The van der Waals surface area contributed by atoms with Gasteiger partial charge >= 0.3 is 5.97 Å². The predicted molar refractivity (Wildman–Crippen MR) is 36.0 cm³/mol. The second-order valence-corrected chi connectivity index (χ2v) is 1.95. The molecule has 0 radical (unpaired) electrons. The van der Waals surface area contributed by atoms with Gasteiger partial charge in [0.25, 0.3) is 0 Å². The zero-order valence-corrected chi connectivity index (χ0v) is 6.00. The van der Waals surface area contributed by atoms with Crippen LogP contribution in [0.5, 0.6) is 0 Å². The fourth-order valence-electron chi connectivity index (χ4n) is 0.377. The van der Waals surface area contributed by atoms with Crippen LogP contribution in [-0.4, -0.2) is 12.1 Å². The number of carbonyl (C=O) groups excluding carboxylic acids is 1. The Bertz CT molecular complexity index is 177. The van der Waals surface area contributed by atoms with Gasteiger partial charge in [0.15, 0.2) is 0 Å². The Balaban J connectivity index is 3.67. The highest BCUT2D eigenvalue weighted by Crippen LogP contribution is 1.89. The highest BCUT2D eigenvalue weighted by molar-refractivity contribution is 5.82. The van der Waals surface area contributed by atoms with Crippen molar-refractivity contribution in [3.05, 3.63) is 12.2 Å². The molecule has 10 heavy (non-hydrogen) atoms. The van der Waals surface area contributed by atoms with Gasteiger partial charge in [-0.3, -0.25) is 0 Å². The minimum absolute atomic E-state index is 0.129. The van der Waals surface area contributed by atoms with Crippen LogP contribution < -0.4 is 0 Å². The van der Waals surface area contributed by atoms with Crippen molar-refractivity contribution in [2.24, 2.45) is 0 Å². The molecule has 0 rings (SSSR count). The Kier molecular flexibility index (Phi) is 3.97. The summed E-state index contributed by atoms with van der Waals surface area (Å²) in [6.07, 6.45) is 2.06. The topological polar surface area (TPSA) is 50.1 Å². The molecule has 0 unspecified atom stereocenters. The van der Waals surface area contributed by atoms with Crippen molar-refractivity contribution in [1.82, 2.24) is 0 Å². The molecule has 0 bridgehead atoms. The van der Waals surface area contributed by atoms with E-state index in [1.807, 2.05) is 0 Å². The van der Waals surface area contributed by atoms with E-state index in [1.54, 1.807) is 19.9 Å². The van der Waals surface area contributed by atoms with Crippen molar-refractivity contribution in [1.29, 1.82) is 5.26 Å². The van der Waals surface area contributed by atoms with Crippen molar-refractivity contribution in [2.45, 2.75) is 20.0 Å². The molecule has 0 aromatic carbocycles. The van der Waals surface area contributed by atoms with Gasteiger partial charge in [0.1, 0.15) is 0 Å². The first-order valence-electron chi connectivity index (χ1n) is 2.93. The number of esters is 1. The van der Waals surface area contributed by atoms with Crippen LogP contribution in [0.25, 0.3) is 0 Å². The van der Waals surface area contributed by atoms with Crippen LogP contribution in [0.2, 0.25) is 0 Å². The lowest BCUT2D eigenvalue weighted by Crippen LogP contribution is -2.08. The largest absolute Gasteiger partial charge is 0.460 e. The Hall–Kier alpha value is -1.30. The van der Waals surface area contributed by atoms with Crippen molar-refractivity contribution in [2.75, 3.05) is 0 Å². The number of carbonyl (C=O) groups is 1. The van der Waals surface area contributed by atoms with Crippen LogP contribution in [0.3, 0.4) is 0 Å². The van der Waals surface area contributed by atoms with Gasteiger partial charge in [-0.2, -0.15) is 5.26 Å². The summed E-state index contributed by atoms with van der Waals surface area (Å²) in [6, 6.07) is 1.69. The average Bonchev–Trinajstić information content (AvgIpc) is 1.82. The Morgan fingerprint density at radius 3 is 2.70 bits per heavy atom. The Morgan fingerprint density at radius 2 is 2.30 bits per heavy atom. The maximum atomic E-state index is 10.6. The van der Waals surface area contributed by atoms with Gasteiger partial charge in [-0.25, -0.2) is 4.79 Å². The van der Waals surface area contributed by atoms with Gasteiger partial charge in [-0.15, -0.1) is 0 Å². The molecule has 0 heterocycles. The summed E-state index contributed by atoms with van der Waals surface area (Å²) in [5.41, 5.74) is 0. The molecular weight excluding hydrogens is 130 g/mol. The average molecular weight is 139 g/mol. The molecule has 3 heteroatoms. The molecule has 0 aromatic heterocycles. The van der Waals surface area contributed by atoms with Crippen molar-refractivity contribution in [3.63, 3.8) is 0 Å². The molecule has 0 aliphatic heterocycles. The summed E-state index contributed by atoms with van der Waals surface area (Å²) in [6.45, 7) is 3.50. The molecule has 0 amide bonds. The summed E-state index contributed by atoms with van der Waals surface area (Å²) in [7, 11) is 0. The predicted octanol–water partition coefficient (Wildman–Crippen LogP) is 1.02. The molecule has 0 saturated carbocycles. The van der Waals surface area contributed by atoms with Crippen LogP contribution >= 0.6 is 0 Å². The van der Waals surface area contributed by atoms with Gasteiger partial charge < -0.3 is 4.74 Å². The standard InChI is InChI=1S/C7H9NO2/c1-6(2)10-7(9)4-3-5-8/h3-4,6H,1-2H3. The first-order chi connectivity index (χ1) is 4.66. The number of hydrogen-bond donors (Lipinski definition) is 0. The van der Waals surface area contributed by atoms with E-state index in [-0.39, 0.29) is 6.10 Å². The third kappa shape index (κ3) is 4.85. The van der Waals surface area contributed by atoms with E-state index < -0.39 is 5.97 Å². The smallest absolute Gasteiger partial charge is 0.331 e. The van der Waals surface area contributed by atoms with E-state index in [9.17, 15) is 4.79 Å². The summed E-state index contributed by atoms with van der Waals surface area (Å²) in [5, 5.41) is 8.00. The molecule has 0 N–H and O–H groups in total. The van der Waals surface area contributed by atoms with Crippen molar-refractivity contribution >= 4 is 5.97 Å². The second kappa shape index (κ2) is 4.57. The van der Waals surface area contributed by atoms with Crippen LogP contribution in [0.15, 0.2) is 12.2 Å². The quantitative estimate of drug-likeness (QED) is 0.326. The van der Waals surface area contributed by atoms with E-state index >= 15 is 0 Å². The zero-order valence-electron chi connectivity index (χ0n) is 6.00. The van der Waals surface area contributed by atoms with Crippen LogP contribution in [0.4, 0.5) is 0 Å². The van der Waals surface area contributed by atoms with E-state index in [2.05, 4.69) is 4.74 Å². The molecular formula is C7H9NO2. The normalized spacial score (nSPS) is 9.80. The first kappa shape index (κ1) is 8.70. The van der Waals surface area contributed by atoms with E-state index in [0.717, 1.165) is 12.2 Å². The highest BCUT2D eigenvalue weighted by Gasteiger charge is 1.98. The molecule has 3 nitrogen and oxygen atoms in total. The van der Waals surface area contributed by atoms with Crippen LogP contribution in [-0.2, 0) is 9.53 Å². The fourth-order valence-corrected chi connectivity index (χ4v) is 0.377. The minimum atomic E-state index is -0.475. The van der Waals surface area contributed by atoms with E-state index in [0.29, 0.717) is 0 Å². The molecule has 0 fully saturated rings. The van der Waals surface area contributed by atoms with Crippen molar-refractivity contribution < 1.29 is 9.53 Å². The highest BCUT2D eigenvalue weighted by atomic mass is 16.5. The monoisotopic (exact) mass is 139 g/mol. The molecule has 0 saturated heterocycles. The van der Waals surface area contributed by atoms with Crippen molar-refractivity contribution in [3.8, 4) is 6.07 Å². The van der Waals surface area contributed by atoms with Gasteiger partial charge in [0.05, 0.1) is 12.2 Å². The molecule has 0 aromatic rings. The summed E-state index contributed by atoms with van der Waals surface area (Å²) in [5.74, 6) is -0.475. The van der Waals surface area contributed by atoms with E-state index in [1.165, 1.54) is 0 Å². The summed E-state index contributed by atoms with van der Waals surface area (Å²) >= 11 is 0. The van der Waals surface area contributed by atoms with Crippen LogP contribution in [0, 0.1) is 11.3 Å². The third-order valence-electron chi connectivity index (χ3n) is 0.646. The number of nitrogens with zero attached hydrogens (tertiary/aromatic N) is 1. The lowest BCUT2D eigenvalue weighted by Gasteiger charge is -2.02. The zero-order chi connectivity index (χ0) is 7.98. The lowest BCUT2D eigenvalue weighted by atomic mass is 10.4. The summed E-state index contributed by atoms with van der Waals surface area (Å²) in [4.78, 5) is 10.6. The molecule has 0 aliphatic carbocycles. The molecule has 0 spiro atoms. The van der Waals surface area contributed by atoms with Crippen LogP contribution in [0.1, 0.15) is 13.8 Å². The van der Waals surface area contributed by atoms with E-state index in [4.69, 9.17) is 5.26 Å². The number of nitriles is 1. The number of rotatable bonds is 2. The molecule has 0 atom stereocenters. The lowest BCUT2D eigenvalue weighted by molar-refractivity contribution is -0.141. The Labute approximate surface area is 59.9 Å². The SMILES string of the molecule is CC(C)OC(=O)C=CC#N. The maximum Gasteiger partial charge on any atom is 0.331 e. The summed E-state index contributed by atoms with van der Waals surface area (Å²) < 4.78 is 4.68. The number of ether oxygens (including phenoxy) is 1. The molecule has 54 valence electrons. The first-order valence-corrected chi connectivity index (χ1v) is 2.93. The van der Waals surface area contributed by atoms with Gasteiger partial charge in [-0.05, 0) is 13.8 Å². The number of allylic oxidation sites excluding steroid dienone is 1. The third-order valence-corrected chi connectivity index (χ3v) is 0.646.